The van der Waals surface area contributed by atoms with E-state index in [1.54, 1.807) is 0 Å². The van der Waals surface area contributed by atoms with E-state index in [1.165, 1.54) is 20.1 Å². The third-order valence-electron chi connectivity index (χ3n) is 3.19. The number of ether oxygens (including phenoxy) is 2. The van der Waals surface area contributed by atoms with Gasteiger partial charge < -0.3 is 14.4 Å². The number of carbonyl (C=O) groups excluding carboxylic acids is 3. The van der Waals surface area contributed by atoms with Crippen LogP contribution in [-0.2, 0) is 23.9 Å². The number of hydrogen-bond donors (Lipinski definition) is 0. The van der Waals surface area contributed by atoms with Crippen molar-refractivity contribution in [2.75, 3.05) is 26.8 Å². The van der Waals surface area contributed by atoms with E-state index in [-0.39, 0.29) is 11.9 Å². The Morgan fingerprint density at radius 2 is 1.91 bits per heavy atom. The molecule has 0 aromatic rings. The quantitative estimate of drug-likeness (QED) is 0.390. The van der Waals surface area contributed by atoms with Crippen LogP contribution in [0.1, 0.15) is 45.4 Å². The van der Waals surface area contributed by atoms with E-state index in [9.17, 15) is 14.4 Å². The number of nitrogens with zero attached hydrogens (tertiary/aromatic N) is 1. The maximum absolute atomic E-state index is 11.3. The van der Waals surface area contributed by atoms with Gasteiger partial charge in [0.1, 0.15) is 0 Å². The molecule has 1 fully saturated rings. The van der Waals surface area contributed by atoms with E-state index >= 15 is 0 Å². The highest BCUT2D eigenvalue weighted by Gasteiger charge is 2.18. The summed E-state index contributed by atoms with van der Waals surface area (Å²) >= 11 is 0. The van der Waals surface area contributed by atoms with Crippen LogP contribution in [0.2, 0.25) is 0 Å². The molecule has 1 rings (SSSR count). The van der Waals surface area contributed by atoms with E-state index in [0.717, 1.165) is 51.6 Å². The third-order valence-corrected chi connectivity index (χ3v) is 3.19. The van der Waals surface area contributed by atoms with Gasteiger partial charge in [0.25, 0.3) is 0 Å². The molecular formula is C16H27NO5. The maximum Gasteiger partial charge on any atom is 0.330 e. The number of hydrogen-bond acceptors (Lipinski definition) is 5. The minimum absolute atomic E-state index is 0.245. The van der Waals surface area contributed by atoms with Crippen molar-refractivity contribution in [1.29, 1.82) is 0 Å². The molecule has 0 saturated carbocycles. The number of carbonyl (C=O) groups is 3. The molecule has 0 aromatic carbocycles. The summed E-state index contributed by atoms with van der Waals surface area (Å²) in [4.78, 5) is 33.6. The first-order chi connectivity index (χ1) is 10.5. The summed E-state index contributed by atoms with van der Waals surface area (Å²) in [5.74, 6) is -0.303. The van der Waals surface area contributed by atoms with Crippen molar-refractivity contribution in [3.63, 3.8) is 0 Å². The highest BCUT2D eigenvalue weighted by Crippen LogP contribution is 2.11. The van der Waals surface area contributed by atoms with Gasteiger partial charge in [-0.3, -0.25) is 9.59 Å². The van der Waals surface area contributed by atoms with Gasteiger partial charge in [-0.05, 0) is 25.7 Å². The van der Waals surface area contributed by atoms with E-state index in [0.29, 0.717) is 12.5 Å². The molecular weight excluding hydrogens is 286 g/mol. The minimum Gasteiger partial charge on any atom is -0.469 e. The molecule has 1 amide bonds. The predicted octanol–water partition coefficient (Wildman–Crippen LogP) is 2.08. The molecule has 0 unspecified atom stereocenters. The number of methoxy groups -OCH3 is 1. The fourth-order valence-electron chi connectivity index (χ4n) is 1.93. The number of unbranched alkanes of at least 4 members (excludes halogenated alkanes) is 3. The summed E-state index contributed by atoms with van der Waals surface area (Å²) in [7, 11) is 1.35. The Bertz CT molecular complexity index is 368. The zero-order chi connectivity index (χ0) is 16.8. The zero-order valence-electron chi connectivity index (χ0n) is 13.6. The van der Waals surface area contributed by atoms with Crippen molar-refractivity contribution in [3.05, 3.63) is 12.7 Å². The third kappa shape index (κ3) is 10.9. The van der Waals surface area contributed by atoms with Crippen molar-refractivity contribution in [2.24, 2.45) is 0 Å². The first kappa shape index (κ1) is 20.1. The summed E-state index contributed by atoms with van der Waals surface area (Å²) in [6.45, 7) is 6.96. The lowest BCUT2D eigenvalue weighted by Gasteiger charge is -2.14. The van der Waals surface area contributed by atoms with Crippen LogP contribution in [0.3, 0.4) is 0 Å². The van der Waals surface area contributed by atoms with Crippen molar-refractivity contribution < 1.29 is 23.9 Å². The minimum atomic E-state index is -0.354. The normalized spacial score (nSPS) is 13.2. The Morgan fingerprint density at radius 1 is 1.27 bits per heavy atom. The molecule has 0 spiro atoms. The van der Waals surface area contributed by atoms with Crippen LogP contribution in [0.4, 0.5) is 0 Å². The van der Waals surface area contributed by atoms with E-state index in [1.807, 2.05) is 4.90 Å². The molecule has 1 aliphatic heterocycles. The number of rotatable bonds is 8. The van der Waals surface area contributed by atoms with Gasteiger partial charge >= 0.3 is 11.9 Å². The Hall–Kier alpha value is -1.85. The molecule has 0 radical (unpaired) electrons. The van der Waals surface area contributed by atoms with Gasteiger partial charge in [-0.15, -0.1) is 0 Å². The average Bonchev–Trinajstić information content (AvgIpc) is 2.91. The van der Waals surface area contributed by atoms with Crippen molar-refractivity contribution in [3.8, 4) is 0 Å². The van der Waals surface area contributed by atoms with Crippen molar-refractivity contribution in [1.82, 2.24) is 4.90 Å². The average molecular weight is 313 g/mol. The van der Waals surface area contributed by atoms with Crippen LogP contribution in [0, 0.1) is 0 Å². The lowest BCUT2D eigenvalue weighted by Crippen LogP contribution is -2.25. The van der Waals surface area contributed by atoms with Gasteiger partial charge in [0.2, 0.25) is 5.91 Å². The van der Waals surface area contributed by atoms with Gasteiger partial charge in [-0.25, -0.2) is 4.79 Å². The molecule has 1 heterocycles. The summed E-state index contributed by atoms with van der Waals surface area (Å²) in [6, 6.07) is 0. The predicted molar refractivity (Wildman–Crippen MR) is 83.1 cm³/mol. The first-order valence-corrected chi connectivity index (χ1v) is 7.62. The van der Waals surface area contributed by atoms with E-state index < -0.39 is 0 Å². The van der Waals surface area contributed by atoms with Crippen LogP contribution in [0.5, 0.6) is 0 Å². The fourth-order valence-corrected chi connectivity index (χ4v) is 1.93. The van der Waals surface area contributed by atoms with Crippen LogP contribution in [-0.4, -0.2) is 49.6 Å². The number of amides is 1. The standard InChI is InChI=1S/C13H21NO3.C3H6O2/c1-2-13(16)17-11-6-4-3-5-9-14-10-7-8-12(14)15;1-3(4)5-2/h2H,1,3-11H2;1-2H3. The molecule has 6 nitrogen and oxygen atoms in total. The van der Waals surface area contributed by atoms with Gasteiger partial charge in [0.15, 0.2) is 0 Å². The van der Waals surface area contributed by atoms with Crippen molar-refractivity contribution >= 4 is 17.8 Å². The monoisotopic (exact) mass is 313 g/mol. The molecule has 0 atom stereocenters. The molecule has 126 valence electrons. The van der Waals surface area contributed by atoms with Crippen LogP contribution in [0.15, 0.2) is 12.7 Å². The highest BCUT2D eigenvalue weighted by molar-refractivity contribution is 5.81. The lowest BCUT2D eigenvalue weighted by atomic mass is 10.2. The highest BCUT2D eigenvalue weighted by atomic mass is 16.5. The molecule has 22 heavy (non-hydrogen) atoms. The van der Waals surface area contributed by atoms with Gasteiger partial charge in [0.05, 0.1) is 13.7 Å². The fraction of sp³-hybridized carbons (Fsp3) is 0.688. The van der Waals surface area contributed by atoms with E-state index in [2.05, 4.69) is 11.3 Å². The van der Waals surface area contributed by atoms with Gasteiger partial charge in [-0.2, -0.15) is 0 Å². The molecule has 1 aliphatic rings. The summed E-state index contributed by atoms with van der Waals surface area (Å²) in [5, 5.41) is 0. The Balaban J connectivity index is 0.000000763. The topological polar surface area (TPSA) is 72.9 Å². The molecule has 1 saturated heterocycles. The molecule has 0 bridgehead atoms. The maximum atomic E-state index is 11.3. The van der Waals surface area contributed by atoms with E-state index in [4.69, 9.17) is 4.74 Å². The first-order valence-electron chi connectivity index (χ1n) is 7.62. The Morgan fingerprint density at radius 3 is 2.41 bits per heavy atom. The zero-order valence-corrected chi connectivity index (χ0v) is 13.6. The van der Waals surface area contributed by atoms with Crippen molar-refractivity contribution in [2.45, 2.75) is 45.4 Å². The van der Waals surface area contributed by atoms with Gasteiger partial charge in [0, 0.05) is 32.5 Å². The Kier molecular flexibility index (Phi) is 11.8. The Labute approximate surface area is 132 Å². The lowest BCUT2D eigenvalue weighted by molar-refractivity contribution is -0.138. The largest absolute Gasteiger partial charge is 0.469 e. The molecule has 0 N–H and O–H groups in total. The smallest absolute Gasteiger partial charge is 0.330 e. The summed E-state index contributed by atoms with van der Waals surface area (Å²) in [6.07, 6.45) is 6.95. The summed E-state index contributed by atoms with van der Waals surface area (Å²) < 4.78 is 8.98. The van der Waals surface area contributed by atoms with Crippen LogP contribution >= 0.6 is 0 Å². The summed E-state index contributed by atoms with van der Waals surface area (Å²) in [5.41, 5.74) is 0. The van der Waals surface area contributed by atoms with Crippen LogP contribution < -0.4 is 0 Å². The molecule has 0 aliphatic carbocycles. The second kappa shape index (κ2) is 12.9. The number of likely N-dealkylation sites (tertiary alicyclic amines) is 1. The second-order valence-corrected chi connectivity index (χ2v) is 4.97. The molecule has 0 aromatic heterocycles. The van der Waals surface area contributed by atoms with Crippen LogP contribution in [0.25, 0.3) is 0 Å². The number of esters is 2. The second-order valence-electron chi connectivity index (χ2n) is 4.97. The SMILES string of the molecule is C=CC(=O)OCCCCCCN1CCCC1=O.COC(C)=O. The molecule has 6 heteroatoms. The van der Waals surface area contributed by atoms with Gasteiger partial charge in [-0.1, -0.05) is 13.0 Å².